The summed E-state index contributed by atoms with van der Waals surface area (Å²) in [7, 11) is 0. The first kappa shape index (κ1) is 10.4. The van der Waals surface area contributed by atoms with E-state index in [1.165, 1.54) is 11.5 Å². The molecule has 0 aliphatic rings. The highest BCUT2D eigenvalue weighted by Gasteiger charge is 2.19. The molecule has 0 aromatic carbocycles. The fourth-order valence-corrected chi connectivity index (χ4v) is 1.59. The van der Waals surface area contributed by atoms with Crippen LogP contribution in [-0.2, 0) is 6.42 Å². The van der Waals surface area contributed by atoms with Crippen molar-refractivity contribution in [3.05, 3.63) is 16.7 Å². The summed E-state index contributed by atoms with van der Waals surface area (Å²) >= 11 is 4.91. The average molecular weight is 206 g/mol. The normalized spacial score (nSPS) is 13.6. The Kier molecular flexibility index (Phi) is 3.19. The molecule has 1 aromatic heterocycles. The van der Waals surface area contributed by atoms with Crippen molar-refractivity contribution in [2.24, 2.45) is 0 Å². The lowest BCUT2D eigenvalue weighted by Gasteiger charge is -2.14. The van der Waals surface area contributed by atoms with Crippen LogP contribution in [0.5, 0.6) is 0 Å². The third-order valence-corrected chi connectivity index (χ3v) is 2.34. The van der Waals surface area contributed by atoms with Crippen molar-refractivity contribution >= 4 is 12.2 Å². The molecule has 1 rings (SSSR count). The summed E-state index contributed by atoms with van der Waals surface area (Å²) in [6.07, 6.45) is -0.00130. The van der Waals surface area contributed by atoms with Crippen molar-refractivity contribution in [3.63, 3.8) is 0 Å². The van der Waals surface area contributed by atoms with E-state index < -0.39 is 12.5 Å². The van der Waals surface area contributed by atoms with Crippen molar-refractivity contribution in [2.45, 2.75) is 32.7 Å². The second-order valence-electron chi connectivity index (χ2n) is 2.88. The molecule has 0 aliphatic carbocycles. The summed E-state index contributed by atoms with van der Waals surface area (Å²) < 4.78 is 26.7. The Bertz CT molecular complexity index is 329. The molecule has 0 saturated carbocycles. The van der Waals surface area contributed by atoms with Gasteiger partial charge in [-0.15, -0.1) is 0 Å². The maximum atomic E-state index is 12.4. The first-order valence-corrected chi connectivity index (χ1v) is 4.55. The van der Waals surface area contributed by atoms with Gasteiger partial charge in [0.1, 0.15) is 0 Å². The summed E-state index contributed by atoms with van der Waals surface area (Å²) in [6.45, 7) is 3.38. The Hall–Kier alpha value is -0.710. The van der Waals surface area contributed by atoms with Crippen molar-refractivity contribution in [3.8, 4) is 0 Å². The maximum Gasteiger partial charge on any atom is 0.258 e. The number of aromatic amines is 1. The number of halogens is 2. The van der Waals surface area contributed by atoms with E-state index in [2.05, 4.69) is 4.98 Å². The Morgan fingerprint density at radius 2 is 2.23 bits per heavy atom. The second kappa shape index (κ2) is 4.00. The molecular weight excluding hydrogens is 194 g/mol. The molecule has 1 heterocycles. The van der Waals surface area contributed by atoms with Gasteiger partial charge in [-0.3, -0.25) is 0 Å². The Balaban J connectivity index is 3.11. The fourth-order valence-electron chi connectivity index (χ4n) is 1.25. The van der Waals surface area contributed by atoms with Gasteiger partial charge in [0.25, 0.3) is 6.43 Å². The van der Waals surface area contributed by atoms with Crippen LogP contribution in [0.4, 0.5) is 8.78 Å². The Morgan fingerprint density at radius 3 is 2.69 bits per heavy atom. The van der Waals surface area contributed by atoms with Gasteiger partial charge < -0.3 is 9.55 Å². The number of hydrogen-bond donors (Lipinski definition) is 1. The van der Waals surface area contributed by atoms with Gasteiger partial charge in [-0.25, -0.2) is 8.78 Å². The lowest BCUT2D eigenvalue weighted by Crippen LogP contribution is -2.15. The van der Waals surface area contributed by atoms with Crippen LogP contribution < -0.4 is 0 Å². The van der Waals surface area contributed by atoms with E-state index in [9.17, 15) is 8.78 Å². The summed E-state index contributed by atoms with van der Waals surface area (Å²) in [5, 5.41) is 0. The first-order valence-electron chi connectivity index (χ1n) is 4.14. The molecular formula is C8H12F2N2S. The van der Waals surface area contributed by atoms with Crippen LogP contribution in [0.25, 0.3) is 0 Å². The summed E-state index contributed by atoms with van der Waals surface area (Å²) in [6, 6.07) is -0.853. The van der Waals surface area contributed by atoms with E-state index in [-0.39, 0.29) is 0 Å². The van der Waals surface area contributed by atoms with Crippen LogP contribution >= 0.6 is 12.2 Å². The van der Waals surface area contributed by atoms with Crippen LogP contribution in [-0.4, -0.2) is 16.0 Å². The zero-order valence-electron chi connectivity index (χ0n) is 7.55. The lowest BCUT2D eigenvalue weighted by molar-refractivity contribution is 0.0895. The van der Waals surface area contributed by atoms with Gasteiger partial charge in [0.2, 0.25) is 0 Å². The first-order chi connectivity index (χ1) is 6.07. The number of aromatic nitrogens is 2. The van der Waals surface area contributed by atoms with Crippen LogP contribution in [0.2, 0.25) is 0 Å². The molecule has 1 N–H and O–H groups in total. The van der Waals surface area contributed by atoms with Gasteiger partial charge in [0.05, 0.1) is 6.04 Å². The van der Waals surface area contributed by atoms with Gasteiger partial charge in [0.15, 0.2) is 4.77 Å². The van der Waals surface area contributed by atoms with Crippen LogP contribution in [0.3, 0.4) is 0 Å². The Morgan fingerprint density at radius 1 is 1.62 bits per heavy atom. The monoisotopic (exact) mass is 206 g/mol. The van der Waals surface area contributed by atoms with Crippen molar-refractivity contribution in [1.29, 1.82) is 0 Å². The molecule has 0 saturated heterocycles. The van der Waals surface area contributed by atoms with Gasteiger partial charge in [-0.05, 0) is 25.6 Å². The molecule has 0 amide bonds. The summed E-state index contributed by atoms with van der Waals surface area (Å²) in [5.41, 5.74) is 0.817. The minimum atomic E-state index is -2.38. The summed E-state index contributed by atoms with van der Waals surface area (Å²) in [5.74, 6) is 0. The molecule has 5 heteroatoms. The van der Waals surface area contributed by atoms with Crippen LogP contribution in [0.15, 0.2) is 6.20 Å². The largest absolute Gasteiger partial charge is 0.337 e. The highest BCUT2D eigenvalue weighted by molar-refractivity contribution is 7.71. The number of H-pyrrole nitrogens is 1. The standard InChI is InChI=1S/C8H12F2N2S/c1-3-6-4-11-8(13)12(6)5(2)7(9)10/h4-5,7H,3H2,1-2H3,(H,11,13). The number of alkyl halides is 2. The third-order valence-electron chi connectivity index (χ3n) is 2.02. The quantitative estimate of drug-likeness (QED) is 0.754. The number of nitrogens with one attached hydrogen (secondary N) is 1. The smallest absolute Gasteiger partial charge is 0.258 e. The van der Waals surface area contributed by atoms with E-state index in [0.29, 0.717) is 11.2 Å². The third kappa shape index (κ3) is 1.96. The molecule has 1 unspecified atom stereocenters. The summed E-state index contributed by atoms with van der Waals surface area (Å²) in [4.78, 5) is 2.77. The lowest BCUT2D eigenvalue weighted by atomic mass is 10.3. The van der Waals surface area contributed by atoms with Crippen molar-refractivity contribution < 1.29 is 8.78 Å². The zero-order valence-corrected chi connectivity index (χ0v) is 8.37. The van der Waals surface area contributed by atoms with Crippen molar-refractivity contribution in [1.82, 2.24) is 9.55 Å². The molecule has 0 aliphatic heterocycles. The molecule has 74 valence electrons. The van der Waals surface area contributed by atoms with E-state index >= 15 is 0 Å². The maximum absolute atomic E-state index is 12.4. The second-order valence-corrected chi connectivity index (χ2v) is 3.27. The number of aryl methyl sites for hydroxylation is 1. The van der Waals surface area contributed by atoms with Gasteiger partial charge in [-0.1, -0.05) is 6.92 Å². The molecule has 0 bridgehead atoms. The van der Waals surface area contributed by atoms with Crippen LogP contribution in [0.1, 0.15) is 25.6 Å². The van der Waals surface area contributed by atoms with Gasteiger partial charge in [0, 0.05) is 11.9 Å². The Labute approximate surface area is 80.6 Å². The van der Waals surface area contributed by atoms with E-state index in [4.69, 9.17) is 12.2 Å². The molecule has 2 nitrogen and oxygen atoms in total. The molecule has 13 heavy (non-hydrogen) atoms. The minimum absolute atomic E-state index is 0.365. The van der Waals surface area contributed by atoms with Crippen molar-refractivity contribution in [2.75, 3.05) is 0 Å². The molecule has 0 spiro atoms. The SMILES string of the molecule is CCc1c[nH]c(=S)n1C(C)C(F)F. The minimum Gasteiger partial charge on any atom is -0.337 e. The zero-order chi connectivity index (χ0) is 10.0. The van der Waals surface area contributed by atoms with Crippen LogP contribution in [0, 0.1) is 4.77 Å². The number of hydrogen-bond acceptors (Lipinski definition) is 1. The van der Waals surface area contributed by atoms with Gasteiger partial charge >= 0.3 is 0 Å². The number of nitrogens with zero attached hydrogens (tertiary/aromatic N) is 1. The molecule has 0 fully saturated rings. The molecule has 0 radical (unpaired) electrons. The molecule has 1 aromatic rings. The fraction of sp³-hybridized carbons (Fsp3) is 0.625. The van der Waals surface area contributed by atoms with E-state index in [1.807, 2.05) is 6.92 Å². The number of imidazole rings is 1. The van der Waals surface area contributed by atoms with E-state index in [0.717, 1.165) is 5.69 Å². The highest BCUT2D eigenvalue weighted by Crippen LogP contribution is 2.18. The predicted molar refractivity (Wildman–Crippen MR) is 49.7 cm³/mol. The highest BCUT2D eigenvalue weighted by atomic mass is 32.1. The van der Waals surface area contributed by atoms with E-state index in [1.54, 1.807) is 6.20 Å². The number of rotatable bonds is 3. The molecule has 1 atom stereocenters. The average Bonchev–Trinajstić information content (AvgIpc) is 2.45. The predicted octanol–water partition coefficient (Wildman–Crippen LogP) is 2.93. The topological polar surface area (TPSA) is 20.7 Å². The van der Waals surface area contributed by atoms with Gasteiger partial charge in [-0.2, -0.15) is 0 Å².